The third-order valence-corrected chi connectivity index (χ3v) is 5.81. The summed E-state index contributed by atoms with van der Waals surface area (Å²) in [5.41, 5.74) is 2.19. The number of hydrogen-bond acceptors (Lipinski definition) is 3. The minimum Gasteiger partial charge on any atom is -0.338 e. The van der Waals surface area contributed by atoms with Crippen molar-refractivity contribution in [3.05, 3.63) is 51.5 Å². The maximum atomic E-state index is 13.1. The van der Waals surface area contributed by atoms with Crippen LogP contribution in [0, 0.1) is 12.8 Å². The molecule has 0 radical (unpaired) electrons. The van der Waals surface area contributed by atoms with Crippen molar-refractivity contribution in [3.63, 3.8) is 0 Å². The molecule has 1 atom stereocenters. The van der Waals surface area contributed by atoms with E-state index in [1.165, 1.54) is 17.4 Å². The number of likely N-dealkylation sites (tertiary alicyclic amines) is 1. The Kier molecular flexibility index (Phi) is 5.65. The van der Waals surface area contributed by atoms with E-state index in [1.54, 1.807) is 17.6 Å². The van der Waals surface area contributed by atoms with Gasteiger partial charge in [0.05, 0.1) is 16.8 Å². The van der Waals surface area contributed by atoms with E-state index in [-0.39, 0.29) is 11.8 Å². The molecule has 2 heterocycles. The summed E-state index contributed by atoms with van der Waals surface area (Å²) in [6, 6.07) is 5.76. The number of benzene rings is 1. The minimum atomic E-state index is -4.32. The third kappa shape index (κ3) is 4.26. The van der Waals surface area contributed by atoms with Gasteiger partial charge in [-0.1, -0.05) is 18.2 Å². The molecule has 0 unspecified atom stereocenters. The van der Waals surface area contributed by atoms with E-state index in [0.29, 0.717) is 36.4 Å². The van der Waals surface area contributed by atoms with Crippen molar-refractivity contribution in [2.24, 2.45) is 5.92 Å². The predicted molar refractivity (Wildman–Crippen MR) is 95.2 cm³/mol. The quantitative estimate of drug-likeness (QED) is 0.749. The van der Waals surface area contributed by atoms with Crippen LogP contribution >= 0.6 is 11.3 Å². The Morgan fingerprint density at radius 2 is 2.12 bits per heavy atom. The smallest absolute Gasteiger partial charge is 0.338 e. The van der Waals surface area contributed by atoms with Gasteiger partial charge in [0, 0.05) is 13.1 Å². The van der Waals surface area contributed by atoms with Gasteiger partial charge in [-0.05, 0) is 50.2 Å². The fraction of sp³-hybridized carbons (Fsp3) is 0.474. The van der Waals surface area contributed by atoms with Crippen LogP contribution in [-0.2, 0) is 12.6 Å². The largest absolute Gasteiger partial charge is 0.416 e. The number of halogens is 3. The first-order valence-corrected chi connectivity index (χ1v) is 9.58. The number of nitrogens with zero attached hydrogens (tertiary/aromatic N) is 2. The number of thiazole rings is 1. The summed E-state index contributed by atoms with van der Waals surface area (Å²) in [4.78, 5) is 19.2. The summed E-state index contributed by atoms with van der Waals surface area (Å²) in [6.07, 6.45) is -1.47. The summed E-state index contributed by atoms with van der Waals surface area (Å²) in [5.74, 6) is 0.215. The molecule has 140 valence electrons. The lowest BCUT2D eigenvalue weighted by Gasteiger charge is -2.32. The van der Waals surface area contributed by atoms with E-state index in [9.17, 15) is 18.0 Å². The summed E-state index contributed by atoms with van der Waals surface area (Å²) in [7, 11) is 0. The molecule has 0 N–H and O–H groups in total. The maximum absolute atomic E-state index is 13.1. The van der Waals surface area contributed by atoms with Crippen molar-refractivity contribution in [1.29, 1.82) is 0 Å². The molecule has 2 aromatic rings. The highest BCUT2D eigenvalue weighted by Crippen LogP contribution is 2.33. The van der Waals surface area contributed by atoms with Gasteiger partial charge in [-0.15, -0.1) is 11.3 Å². The van der Waals surface area contributed by atoms with Crippen LogP contribution in [0.15, 0.2) is 29.8 Å². The Balaban J connectivity index is 1.63. The number of rotatable bonds is 4. The molecule has 1 aromatic carbocycles. The molecule has 0 saturated carbocycles. The molecule has 7 heteroatoms. The Morgan fingerprint density at radius 3 is 2.81 bits per heavy atom. The van der Waals surface area contributed by atoms with Crippen LogP contribution in [0.1, 0.15) is 45.8 Å². The molecule has 0 aliphatic carbocycles. The van der Waals surface area contributed by atoms with Crippen molar-refractivity contribution in [2.45, 2.75) is 38.8 Å². The van der Waals surface area contributed by atoms with Crippen molar-refractivity contribution < 1.29 is 18.0 Å². The number of aryl methyl sites for hydroxylation is 2. The second-order valence-electron chi connectivity index (χ2n) is 6.72. The van der Waals surface area contributed by atoms with Gasteiger partial charge in [0.15, 0.2) is 0 Å². The molecular formula is C19H21F3N2OS. The SMILES string of the molecule is Cc1ncsc1C(=O)N1CCC[C@@H](CCc2ccccc2C(F)(F)F)C1. The lowest BCUT2D eigenvalue weighted by atomic mass is 9.90. The first kappa shape index (κ1) is 18.9. The van der Waals surface area contributed by atoms with Gasteiger partial charge in [0.25, 0.3) is 5.91 Å². The monoisotopic (exact) mass is 382 g/mol. The van der Waals surface area contributed by atoms with Gasteiger partial charge in [0.2, 0.25) is 0 Å². The highest BCUT2D eigenvalue weighted by Gasteiger charge is 2.33. The number of alkyl halides is 3. The second-order valence-corrected chi connectivity index (χ2v) is 7.57. The summed E-state index contributed by atoms with van der Waals surface area (Å²) >= 11 is 1.34. The number of carbonyl (C=O) groups excluding carboxylic acids is 1. The van der Waals surface area contributed by atoms with E-state index < -0.39 is 11.7 Å². The van der Waals surface area contributed by atoms with Crippen LogP contribution in [0.3, 0.4) is 0 Å². The van der Waals surface area contributed by atoms with Crippen LogP contribution in [0.25, 0.3) is 0 Å². The van der Waals surface area contributed by atoms with Crippen LogP contribution in [-0.4, -0.2) is 28.9 Å². The summed E-state index contributed by atoms with van der Waals surface area (Å²) in [5, 5.41) is 0. The number of piperidine rings is 1. The van der Waals surface area contributed by atoms with Gasteiger partial charge in [0.1, 0.15) is 4.88 Å². The maximum Gasteiger partial charge on any atom is 0.416 e. The predicted octanol–water partition coefficient (Wildman–Crippen LogP) is 4.96. The van der Waals surface area contributed by atoms with E-state index >= 15 is 0 Å². The molecule has 1 fully saturated rings. The lowest BCUT2D eigenvalue weighted by Crippen LogP contribution is -2.40. The zero-order valence-electron chi connectivity index (χ0n) is 14.6. The Labute approximate surface area is 154 Å². The van der Waals surface area contributed by atoms with Crippen molar-refractivity contribution >= 4 is 17.2 Å². The minimum absolute atomic E-state index is 0.00890. The number of amides is 1. The topological polar surface area (TPSA) is 33.2 Å². The van der Waals surface area contributed by atoms with E-state index in [4.69, 9.17) is 0 Å². The second kappa shape index (κ2) is 7.78. The van der Waals surface area contributed by atoms with E-state index in [0.717, 1.165) is 24.6 Å². The Bertz CT molecular complexity index is 772. The average molecular weight is 382 g/mol. The van der Waals surface area contributed by atoms with Crippen LogP contribution in [0.2, 0.25) is 0 Å². The summed E-state index contributed by atoms with van der Waals surface area (Å²) in [6.45, 7) is 3.12. The molecule has 0 spiro atoms. The zero-order valence-corrected chi connectivity index (χ0v) is 15.4. The lowest BCUT2D eigenvalue weighted by molar-refractivity contribution is -0.138. The molecule has 1 aliphatic rings. The summed E-state index contributed by atoms with van der Waals surface area (Å²) < 4.78 is 39.4. The molecule has 3 rings (SSSR count). The van der Waals surface area contributed by atoms with Gasteiger partial charge in [-0.2, -0.15) is 13.2 Å². The van der Waals surface area contributed by atoms with Crippen molar-refractivity contribution in [2.75, 3.05) is 13.1 Å². The van der Waals surface area contributed by atoms with Gasteiger partial charge in [-0.25, -0.2) is 4.98 Å². The van der Waals surface area contributed by atoms with Gasteiger partial charge >= 0.3 is 6.18 Å². The van der Waals surface area contributed by atoms with Gasteiger partial charge < -0.3 is 4.90 Å². The highest BCUT2D eigenvalue weighted by atomic mass is 32.1. The molecular weight excluding hydrogens is 361 g/mol. The number of hydrogen-bond donors (Lipinski definition) is 0. The van der Waals surface area contributed by atoms with Crippen LogP contribution < -0.4 is 0 Å². The van der Waals surface area contributed by atoms with Crippen molar-refractivity contribution in [3.8, 4) is 0 Å². The molecule has 3 nitrogen and oxygen atoms in total. The molecule has 1 aromatic heterocycles. The average Bonchev–Trinajstić information content (AvgIpc) is 3.05. The molecule has 0 bridgehead atoms. The Hall–Kier alpha value is -1.89. The normalized spacial score (nSPS) is 18.2. The number of carbonyl (C=O) groups is 1. The van der Waals surface area contributed by atoms with E-state index in [2.05, 4.69) is 4.98 Å². The fourth-order valence-corrected chi connectivity index (χ4v) is 4.28. The van der Waals surface area contributed by atoms with Gasteiger partial charge in [-0.3, -0.25) is 4.79 Å². The molecule has 1 saturated heterocycles. The Morgan fingerprint density at radius 1 is 1.35 bits per heavy atom. The number of aromatic nitrogens is 1. The molecule has 26 heavy (non-hydrogen) atoms. The van der Waals surface area contributed by atoms with Crippen LogP contribution in [0.5, 0.6) is 0 Å². The van der Waals surface area contributed by atoms with Crippen molar-refractivity contribution in [1.82, 2.24) is 9.88 Å². The molecule has 1 amide bonds. The first-order valence-electron chi connectivity index (χ1n) is 8.70. The first-order chi connectivity index (χ1) is 12.4. The standard InChI is InChI=1S/C19H21F3N2OS/c1-13-17(26-12-23-13)18(25)24-10-4-5-14(11-24)8-9-15-6-2-3-7-16(15)19(20,21)22/h2-3,6-7,12,14H,4-5,8-11H2,1H3/t14-/m0/s1. The fourth-order valence-electron chi connectivity index (χ4n) is 3.51. The van der Waals surface area contributed by atoms with Crippen LogP contribution in [0.4, 0.5) is 13.2 Å². The molecule has 1 aliphatic heterocycles. The zero-order chi connectivity index (χ0) is 18.7. The highest BCUT2D eigenvalue weighted by molar-refractivity contribution is 7.11. The van der Waals surface area contributed by atoms with E-state index in [1.807, 2.05) is 11.8 Å². The third-order valence-electron chi connectivity index (χ3n) is 4.89.